The SMILES string of the molecule is CCc1cccc(NC(=O)O)n1. The lowest BCUT2D eigenvalue weighted by molar-refractivity contribution is 0.209. The maximum Gasteiger partial charge on any atom is 0.410 e. The molecular weight excluding hydrogens is 156 g/mol. The number of hydrogen-bond donors (Lipinski definition) is 2. The van der Waals surface area contributed by atoms with Crippen molar-refractivity contribution in [2.24, 2.45) is 0 Å². The van der Waals surface area contributed by atoms with E-state index in [0.717, 1.165) is 12.1 Å². The molecule has 1 amide bonds. The van der Waals surface area contributed by atoms with E-state index in [2.05, 4.69) is 10.3 Å². The molecule has 0 aromatic carbocycles. The number of pyridine rings is 1. The van der Waals surface area contributed by atoms with Crippen LogP contribution in [0.3, 0.4) is 0 Å². The van der Waals surface area contributed by atoms with Gasteiger partial charge in [-0.05, 0) is 18.6 Å². The van der Waals surface area contributed by atoms with Crippen LogP contribution in [0, 0.1) is 0 Å². The molecule has 2 N–H and O–H groups in total. The zero-order valence-electron chi connectivity index (χ0n) is 6.74. The number of rotatable bonds is 2. The Balaban J connectivity index is 2.79. The van der Waals surface area contributed by atoms with E-state index >= 15 is 0 Å². The molecule has 4 heteroatoms. The molecular formula is C8H10N2O2. The summed E-state index contributed by atoms with van der Waals surface area (Å²) < 4.78 is 0. The third-order valence-corrected chi connectivity index (χ3v) is 1.40. The van der Waals surface area contributed by atoms with Crippen LogP contribution < -0.4 is 5.32 Å². The number of nitrogens with zero attached hydrogens (tertiary/aromatic N) is 1. The molecule has 1 heterocycles. The highest BCUT2D eigenvalue weighted by molar-refractivity contribution is 5.81. The zero-order valence-corrected chi connectivity index (χ0v) is 6.74. The Morgan fingerprint density at radius 1 is 1.67 bits per heavy atom. The first-order chi connectivity index (χ1) is 5.72. The van der Waals surface area contributed by atoms with E-state index in [1.54, 1.807) is 12.1 Å². The van der Waals surface area contributed by atoms with Crippen LogP contribution in [0.15, 0.2) is 18.2 Å². The summed E-state index contributed by atoms with van der Waals surface area (Å²) in [6.45, 7) is 1.97. The Morgan fingerprint density at radius 2 is 2.42 bits per heavy atom. The minimum atomic E-state index is -1.09. The molecule has 4 nitrogen and oxygen atoms in total. The molecule has 0 bridgehead atoms. The van der Waals surface area contributed by atoms with Crippen LogP contribution in [0.1, 0.15) is 12.6 Å². The number of hydrogen-bond acceptors (Lipinski definition) is 2. The maximum absolute atomic E-state index is 10.2. The van der Waals surface area contributed by atoms with Gasteiger partial charge in [-0.2, -0.15) is 0 Å². The standard InChI is InChI=1S/C8H10N2O2/c1-2-6-4-3-5-7(9-6)10-8(11)12/h3-5H,2H2,1H3,(H,9,10)(H,11,12). The maximum atomic E-state index is 10.2. The van der Waals surface area contributed by atoms with E-state index in [-0.39, 0.29) is 0 Å². The minimum absolute atomic E-state index is 0.377. The highest BCUT2D eigenvalue weighted by Gasteiger charge is 1.98. The average Bonchev–Trinajstić information content (AvgIpc) is 2.03. The van der Waals surface area contributed by atoms with Crippen LogP contribution in [0.25, 0.3) is 0 Å². The van der Waals surface area contributed by atoms with Gasteiger partial charge in [0.1, 0.15) is 5.82 Å². The van der Waals surface area contributed by atoms with Crippen LogP contribution in [-0.2, 0) is 6.42 Å². The quantitative estimate of drug-likeness (QED) is 0.703. The fourth-order valence-corrected chi connectivity index (χ4v) is 0.856. The highest BCUT2D eigenvalue weighted by atomic mass is 16.4. The number of carbonyl (C=O) groups is 1. The molecule has 0 radical (unpaired) electrons. The van der Waals surface area contributed by atoms with Crippen molar-refractivity contribution in [2.45, 2.75) is 13.3 Å². The Labute approximate surface area is 70.3 Å². The summed E-state index contributed by atoms with van der Waals surface area (Å²) >= 11 is 0. The van der Waals surface area contributed by atoms with E-state index in [1.165, 1.54) is 0 Å². The van der Waals surface area contributed by atoms with Crippen LogP contribution in [0.5, 0.6) is 0 Å². The zero-order chi connectivity index (χ0) is 8.97. The Hall–Kier alpha value is -1.58. The van der Waals surface area contributed by atoms with Crippen LogP contribution >= 0.6 is 0 Å². The van der Waals surface area contributed by atoms with Gasteiger partial charge in [0.05, 0.1) is 0 Å². The summed E-state index contributed by atoms with van der Waals surface area (Å²) in [5.74, 6) is 0.377. The predicted octanol–water partition coefficient (Wildman–Crippen LogP) is 1.73. The topological polar surface area (TPSA) is 62.2 Å². The highest BCUT2D eigenvalue weighted by Crippen LogP contribution is 2.04. The number of carboxylic acid groups (broad SMARTS) is 1. The molecule has 0 atom stereocenters. The van der Waals surface area contributed by atoms with Gasteiger partial charge in [-0.15, -0.1) is 0 Å². The molecule has 0 aliphatic carbocycles. The number of aryl methyl sites for hydroxylation is 1. The van der Waals surface area contributed by atoms with Crippen LogP contribution in [0.2, 0.25) is 0 Å². The first-order valence-corrected chi connectivity index (χ1v) is 3.68. The van der Waals surface area contributed by atoms with Crippen molar-refractivity contribution in [1.29, 1.82) is 0 Å². The first-order valence-electron chi connectivity index (χ1n) is 3.68. The smallest absolute Gasteiger partial charge is 0.410 e. The number of nitrogens with one attached hydrogen (secondary N) is 1. The van der Waals surface area contributed by atoms with E-state index < -0.39 is 6.09 Å². The molecule has 12 heavy (non-hydrogen) atoms. The monoisotopic (exact) mass is 166 g/mol. The lowest BCUT2D eigenvalue weighted by Gasteiger charge is -2.00. The summed E-state index contributed by atoms with van der Waals surface area (Å²) in [6, 6.07) is 5.25. The van der Waals surface area contributed by atoms with Crippen molar-refractivity contribution in [2.75, 3.05) is 5.32 Å². The van der Waals surface area contributed by atoms with Gasteiger partial charge in [-0.25, -0.2) is 9.78 Å². The molecule has 0 aliphatic heterocycles. The van der Waals surface area contributed by atoms with Gasteiger partial charge in [-0.3, -0.25) is 5.32 Å². The average molecular weight is 166 g/mol. The van der Waals surface area contributed by atoms with Gasteiger partial charge in [0.2, 0.25) is 0 Å². The second-order valence-corrected chi connectivity index (χ2v) is 2.30. The third kappa shape index (κ3) is 2.23. The van der Waals surface area contributed by atoms with Gasteiger partial charge in [0.15, 0.2) is 0 Å². The fourth-order valence-electron chi connectivity index (χ4n) is 0.856. The van der Waals surface area contributed by atoms with E-state index in [9.17, 15) is 4.79 Å². The van der Waals surface area contributed by atoms with Crippen molar-refractivity contribution in [1.82, 2.24) is 4.98 Å². The molecule has 0 saturated carbocycles. The number of anilines is 1. The van der Waals surface area contributed by atoms with Crippen molar-refractivity contribution < 1.29 is 9.90 Å². The van der Waals surface area contributed by atoms with Gasteiger partial charge in [-0.1, -0.05) is 13.0 Å². The predicted molar refractivity (Wildman–Crippen MR) is 45.3 cm³/mol. The third-order valence-electron chi connectivity index (χ3n) is 1.40. The normalized spacial score (nSPS) is 9.42. The molecule has 0 spiro atoms. The number of amides is 1. The van der Waals surface area contributed by atoms with E-state index in [1.807, 2.05) is 13.0 Å². The molecule has 1 rings (SSSR count). The molecule has 0 fully saturated rings. The molecule has 1 aromatic rings. The second kappa shape index (κ2) is 3.71. The van der Waals surface area contributed by atoms with Crippen LogP contribution in [-0.4, -0.2) is 16.2 Å². The second-order valence-electron chi connectivity index (χ2n) is 2.30. The Kier molecular flexibility index (Phi) is 2.63. The summed E-state index contributed by atoms with van der Waals surface area (Å²) in [4.78, 5) is 14.3. The molecule has 1 aromatic heterocycles. The molecule has 0 saturated heterocycles. The lowest BCUT2D eigenvalue weighted by Crippen LogP contribution is -2.09. The Bertz CT molecular complexity index is 286. The Morgan fingerprint density at radius 3 is 3.00 bits per heavy atom. The van der Waals surface area contributed by atoms with Gasteiger partial charge < -0.3 is 5.11 Å². The lowest BCUT2D eigenvalue weighted by atomic mass is 10.3. The number of aromatic nitrogens is 1. The largest absolute Gasteiger partial charge is 0.465 e. The summed E-state index contributed by atoms with van der Waals surface area (Å²) in [6.07, 6.45) is -0.287. The van der Waals surface area contributed by atoms with Gasteiger partial charge >= 0.3 is 6.09 Å². The van der Waals surface area contributed by atoms with Gasteiger partial charge in [0.25, 0.3) is 0 Å². The fraction of sp³-hybridized carbons (Fsp3) is 0.250. The van der Waals surface area contributed by atoms with Crippen molar-refractivity contribution in [3.63, 3.8) is 0 Å². The van der Waals surface area contributed by atoms with Crippen molar-refractivity contribution in [3.05, 3.63) is 23.9 Å². The van der Waals surface area contributed by atoms with E-state index in [4.69, 9.17) is 5.11 Å². The molecule has 0 unspecified atom stereocenters. The van der Waals surface area contributed by atoms with E-state index in [0.29, 0.717) is 5.82 Å². The van der Waals surface area contributed by atoms with Gasteiger partial charge in [0, 0.05) is 5.69 Å². The molecule has 64 valence electrons. The minimum Gasteiger partial charge on any atom is -0.465 e. The first kappa shape index (κ1) is 8.52. The molecule has 0 aliphatic rings. The van der Waals surface area contributed by atoms with Crippen molar-refractivity contribution in [3.8, 4) is 0 Å². The van der Waals surface area contributed by atoms with Crippen molar-refractivity contribution >= 4 is 11.9 Å². The van der Waals surface area contributed by atoms with Crippen LogP contribution in [0.4, 0.5) is 10.6 Å². The summed E-state index contributed by atoms with van der Waals surface area (Å²) in [5, 5.41) is 10.6. The summed E-state index contributed by atoms with van der Waals surface area (Å²) in [5.41, 5.74) is 0.876. The summed E-state index contributed by atoms with van der Waals surface area (Å²) in [7, 11) is 0.